The highest BCUT2D eigenvalue weighted by atomic mass is 16.5. The van der Waals surface area contributed by atoms with Crippen molar-refractivity contribution in [1.82, 2.24) is 0 Å². The maximum Gasteiger partial charge on any atom is 0.190 e. The van der Waals surface area contributed by atoms with Gasteiger partial charge in [-0.05, 0) is 51.0 Å². The molecule has 0 aromatic carbocycles. The van der Waals surface area contributed by atoms with Crippen molar-refractivity contribution in [3.8, 4) is 0 Å². The van der Waals surface area contributed by atoms with Crippen molar-refractivity contribution in [2.75, 3.05) is 6.61 Å². The summed E-state index contributed by atoms with van der Waals surface area (Å²) >= 11 is 0. The lowest BCUT2D eigenvalue weighted by Crippen LogP contribution is -2.35. The van der Waals surface area contributed by atoms with Crippen molar-refractivity contribution in [1.29, 1.82) is 0 Å². The van der Waals surface area contributed by atoms with Gasteiger partial charge in [-0.2, -0.15) is 0 Å². The van der Waals surface area contributed by atoms with Crippen LogP contribution < -0.4 is 0 Å². The van der Waals surface area contributed by atoms with E-state index < -0.39 is 5.60 Å². The van der Waals surface area contributed by atoms with Gasteiger partial charge < -0.3 is 4.74 Å². The first-order valence-electron chi connectivity index (χ1n) is 6.60. The average molecular weight is 222 g/mol. The van der Waals surface area contributed by atoms with Gasteiger partial charge in [0.1, 0.15) is 5.60 Å². The van der Waals surface area contributed by atoms with Crippen LogP contribution in [0.15, 0.2) is 11.6 Å². The molecule has 0 N–H and O–H groups in total. The van der Waals surface area contributed by atoms with Crippen molar-refractivity contribution in [2.45, 2.75) is 63.9 Å². The average Bonchev–Trinajstić information content (AvgIpc) is 2.65. The zero-order chi connectivity index (χ0) is 11.4. The maximum absolute atomic E-state index is 12.4. The zero-order valence-electron chi connectivity index (χ0n) is 10.3. The quantitative estimate of drug-likeness (QED) is 0.715. The molecule has 0 saturated carbocycles. The van der Waals surface area contributed by atoms with Gasteiger partial charge in [-0.25, -0.2) is 0 Å². The van der Waals surface area contributed by atoms with Gasteiger partial charge in [0.25, 0.3) is 0 Å². The van der Waals surface area contributed by atoms with Crippen LogP contribution in [0.2, 0.25) is 0 Å². The predicted molar refractivity (Wildman–Crippen MR) is 64.4 cm³/mol. The largest absolute Gasteiger partial charge is 0.367 e. The Hall–Kier alpha value is -0.630. The lowest BCUT2D eigenvalue weighted by Gasteiger charge is -2.23. The van der Waals surface area contributed by atoms with Gasteiger partial charge in [-0.3, -0.25) is 4.79 Å². The molecule has 0 spiro atoms. The topological polar surface area (TPSA) is 26.3 Å². The Morgan fingerprint density at radius 2 is 2.06 bits per heavy atom. The number of hydrogen-bond acceptors (Lipinski definition) is 2. The second-order valence-corrected chi connectivity index (χ2v) is 5.19. The fourth-order valence-electron chi connectivity index (χ4n) is 2.70. The van der Waals surface area contributed by atoms with Crippen LogP contribution in [0, 0.1) is 0 Å². The maximum atomic E-state index is 12.4. The van der Waals surface area contributed by atoms with Gasteiger partial charge in [0.05, 0.1) is 0 Å². The van der Waals surface area contributed by atoms with Crippen LogP contribution in [-0.2, 0) is 9.53 Å². The Morgan fingerprint density at radius 3 is 2.81 bits per heavy atom. The number of ketones is 1. The fraction of sp³-hybridized carbons (Fsp3) is 0.786. The molecule has 0 aromatic rings. The van der Waals surface area contributed by atoms with Crippen LogP contribution in [0.25, 0.3) is 0 Å². The molecule has 2 rings (SSSR count). The van der Waals surface area contributed by atoms with E-state index in [1.165, 1.54) is 19.3 Å². The standard InChI is InChI=1S/C14H22O2/c1-14(10-7-11-16-14)13(15)12-8-5-3-2-4-6-9-12/h8H,2-7,9-11H2,1H3. The summed E-state index contributed by atoms with van der Waals surface area (Å²) in [6.45, 7) is 2.71. The van der Waals surface area contributed by atoms with Crippen molar-refractivity contribution < 1.29 is 9.53 Å². The van der Waals surface area contributed by atoms with Crippen LogP contribution >= 0.6 is 0 Å². The molecular weight excluding hydrogens is 200 g/mol. The minimum Gasteiger partial charge on any atom is -0.367 e. The number of carbonyl (C=O) groups is 1. The van der Waals surface area contributed by atoms with E-state index in [9.17, 15) is 4.79 Å². The Labute approximate surface area is 98.1 Å². The molecule has 0 radical (unpaired) electrons. The first-order chi connectivity index (χ1) is 7.72. The summed E-state index contributed by atoms with van der Waals surface area (Å²) in [5, 5.41) is 0. The van der Waals surface area contributed by atoms with E-state index >= 15 is 0 Å². The first kappa shape index (κ1) is 11.8. The second-order valence-electron chi connectivity index (χ2n) is 5.19. The molecule has 90 valence electrons. The molecule has 0 bridgehead atoms. The third-order valence-electron chi connectivity index (χ3n) is 3.78. The van der Waals surface area contributed by atoms with E-state index in [1.807, 2.05) is 6.92 Å². The first-order valence-corrected chi connectivity index (χ1v) is 6.60. The van der Waals surface area contributed by atoms with E-state index in [4.69, 9.17) is 4.74 Å². The van der Waals surface area contributed by atoms with E-state index in [0.29, 0.717) is 0 Å². The van der Waals surface area contributed by atoms with Crippen molar-refractivity contribution in [3.63, 3.8) is 0 Å². The van der Waals surface area contributed by atoms with Crippen molar-refractivity contribution >= 4 is 5.78 Å². The number of hydrogen-bond donors (Lipinski definition) is 0. The number of Topliss-reactive ketones (excluding diaryl/α,β-unsaturated/α-hetero) is 1. The van der Waals surface area contributed by atoms with Crippen molar-refractivity contribution in [3.05, 3.63) is 11.6 Å². The number of ether oxygens (including phenoxy) is 1. The lowest BCUT2D eigenvalue weighted by molar-refractivity contribution is -0.133. The third kappa shape index (κ3) is 2.54. The fourth-order valence-corrected chi connectivity index (χ4v) is 2.70. The zero-order valence-corrected chi connectivity index (χ0v) is 10.3. The minimum absolute atomic E-state index is 0.256. The molecule has 16 heavy (non-hydrogen) atoms. The van der Waals surface area contributed by atoms with Gasteiger partial charge in [-0.15, -0.1) is 0 Å². The minimum atomic E-state index is -0.509. The summed E-state index contributed by atoms with van der Waals surface area (Å²) in [6, 6.07) is 0. The number of allylic oxidation sites excluding steroid dienone is 1. The molecule has 1 unspecified atom stereocenters. The van der Waals surface area contributed by atoms with Crippen LogP contribution in [0.3, 0.4) is 0 Å². The van der Waals surface area contributed by atoms with Gasteiger partial charge >= 0.3 is 0 Å². The van der Waals surface area contributed by atoms with E-state index in [-0.39, 0.29) is 5.78 Å². The van der Waals surface area contributed by atoms with Gasteiger partial charge in [0, 0.05) is 6.61 Å². The van der Waals surface area contributed by atoms with Crippen LogP contribution in [0.5, 0.6) is 0 Å². The van der Waals surface area contributed by atoms with E-state index in [1.54, 1.807) is 0 Å². The number of rotatable bonds is 2. The second kappa shape index (κ2) is 5.13. The summed E-state index contributed by atoms with van der Waals surface area (Å²) < 4.78 is 5.64. The molecule has 2 nitrogen and oxygen atoms in total. The summed E-state index contributed by atoms with van der Waals surface area (Å²) in [5.41, 5.74) is 0.523. The van der Waals surface area contributed by atoms with Gasteiger partial charge in [-0.1, -0.05) is 18.9 Å². The molecule has 2 aliphatic rings. The number of carbonyl (C=O) groups excluding carboxylic acids is 1. The highest BCUT2D eigenvalue weighted by Crippen LogP contribution is 2.31. The third-order valence-corrected chi connectivity index (χ3v) is 3.78. The smallest absolute Gasteiger partial charge is 0.190 e. The highest BCUT2D eigenvalue weighted by molar-refractivity contribution is 6.01. The summed E-state index contributed by atoms with van der Waals surface area (Å²) in [5.74, 6) is 0.256. The molecule has 1 aliphatic carbocycles. The highest BCUT2D eigenvalue weighted by Gasteiger charge is 2.38. The molecule has 0 amide bonds. The Balaban J connectivity index is 2.06. The summed E-state index contributed by atoms with van der Waals surface area (Å²) in [6.07, 6.45) is 11.1. The monoisotopic (exact) mass is 222 g/mol. The Morgan fingerprint density at radius 1 is 1.25 bits per heavy atom. The van der Waals surface area contributed by atoms with E-state index in [2.05, 4.69) is 6.08 Å². The molecule has 1 aliphatic heterocycles. The molecule has 1 heterocycles. The van der Waals surface area contributed by atoms with Crippen LogP contribution in [0.4, 0.5) is 0 Å². The van der Waals surface area contributed by atoms with Crippen molar-refractivity contribution in [2.24, 2.45) is 0 Å². The molecule has 1 atom stereocenters. The lowest BCUT2D eigenvalue weighted by atomic mass is 9.87. The Kier molecular flexibility index (Phi) is 3.80. The Bertz CT molecular complexity index is 285. The molecule has 1 fully saturated rings. The molecular formula is C14H22O2. The van der Waals surface area contributed by atoms with Crippen LogP contribution in [-0.4, -0.2) is 18.0 Å². The molecule has 0 aromatic heterocycles. The summed E-state index contributed by atoms with van der Waals surface area (Å²) in [4.78, 5) is 12.4. The molecule has 1 saturated heterocycles. The summed E-state index contributed by atoms with van der Waals surface area (Å²) in [7, 11) is 0. The normalized spacial score (nSPS) is 31.7. The van der Waals surface area contributed by atoms with Gasteiger partial charge in [0.2, 0.25) is 0 Å². The molecule has 2 heteroatoms. The SMILES string of the molecule is CC1(C(=O)C2=CCCCCCC2)CCCO1. The predicted octanol–water partition coefficient (Wildman–Crippen LogP) is 3.41. The van der Waals surface area contributed by atoms with Crippen LogP contribution in [0.1, 0.15) is 58.3 Å². The van der Waals surface area contributed by atoms with E-state index in [0.717, 1.165) is 44.3 Å². The van der Waals surface area contributed by atoms with Gasteiger partial charge in [0.15, 0.2) is 5.78 Å².